The van der Waals surface area contributed by atoms with E-state index in [1.54, 1.807) is 16.8 Å². The van der Waals surface area contributed by atoms with E-state index in [0.29, 0.717) is 11.4 Å². The molecule has 0 fully saturated rings. The molecule has 0 saturated heterocycles. The van der Waals surface area contributed by atoms with Gasteiger partial charge in [0.1, 0.15) is 0 Å². The van der Waals surface area contributed by atoms with Crippen LogP contribution in [-0.4, -0.2) is 33.1 Å². The third-order valence-electron chi connectivity index (χ3n) is 6.52. The molecule has 1 heterocycles. The predicted molar refractivity (Wildman–Crippen MR) is 147 cm³/mol. The molecule has 0 spiro atoms. The van der Waals surface area contributed by atoms with E-state index in [0.717, 1.165) is 39.1 Å². The molecule has 0 atom stereocenters. The third-order valence-corrected chi connectivity index (χ3v) is 6.52. The maximum atomic E-state index is 13.0. The lowest BCUT2D eigenvalue weighted by molar-refractivity contribution is 0.0462. The topological polar surface area (TPSA) is 74.1 Å². The van der Waals surface area contributed by atoms with Gasteiger partial charge in [0.2, 0.25) is 0 Å². The van der Waals surface area contributed by atoms with Crippen LogP contribution in [0.15, 0.2) is 97.1 Å². The number of esters is 1. The molecule has 5 rings (SSSR count). The van der Waals surface area contributed by atoms with E-state index in [1.807, 2.05) is 106 Å². The first-order valence-corrected chi connectivity index (χ1v) is 12.4. The number of ether oxygens (including phenoxy) is 1. The highest BCUT2D eigenvalue weighted by Crippen LogP contribution is 2.25. The fourth-order valence-corrected chi connectivity index (χ4v) is 4.26. The van der Waals surface area contributed by atoms with E-state index in [9.17, 15) is 9.59 Å². The minimum Gasteiger partial charge on any atom is -0.451 e. The zero-order valence-corrected chi connectivity index (χ0v) is 21.5. The largest absolute Gasteiger partial charge is 0.451 e. The minimum atomic E-state index is -0.753. The quantitative estimate of drug-likeness (QED) is 0.186. The summed E-state index contributed by atoms with van der Waals surface area (Å²) in [6.45, 7) is 5.62. The van der Waals surface area contributed by atoms with Crippen molar-refractivity contribution in [2.75, 3.05) is 6.61 Å². The summed E-state index contributed by atoms with van der Waals surface area (Å²) in [5, 5.41) is 4.50. The number of carbonyl (C=O) groups excluding carboxylic acids is 2. The van der Waals surface area contributed by atoms with Gasteiger partial charge in [-0.05, 0) is 55.2 Å². The van der Waals surface area contributed by atoms with Crippen molar-refractivity contribution in [2.45, 2.75) is 20.8 Å². The van der Waals surface area contributed by atoms with Crippen LogP contribution in [0, 0.1) is 20.8 Å². The van der Waals surface area contributed by atoms with E-state index >= 15 is 0 Å². The molecule has 0 aliphatic heterocycles. The molecule has 0 amide bonds. The molecule has 5 aromatic rings. The molecular weight excluding hydrogens is 474 g/mol. The van der Waals surface area contributed by atoms with Crippen LogP contribution in [0.1, 0.15) is 37.7 Å². The Morgan fingerprint density at radius 3 is 2.18 bits per heavy atom. The number of Topliss-reactive ketones (excluding diaryl/α,β-unsaturated/α-hetero) is 1. The Labute approximate surface area is 221 Å². The van der Waals surface area contributed by atoms with Crippen LogP contribution in [0.3, 0.4) is 0 Å². The van der Waals surface area contributed by atoms with Gasteiger partial charge >= 0.3 is 5.97 Å². The van der Waals surface area contributed by atoms with Crippen molar-refractivity contribution < 1.29 is 14.3 Å². The van der Waals surface area contributed by atoms with E-state index in [4.69, 9.17) is 4.74 Å². The Kier molecular flexibility index (Phi) is 6.96. The van der Waals surface area contributed by atoms with Crippen LogP contribution in [0.2, 0.25) is 0 Å². The Bertz CT molecular complexity index is 1620. The zero-order valence-electron chi connectivity index (χ0n) is 21.5. The molecule has 4 aromatic carbocycles. The highest BCUT2D eigenvalue weighted by atomic mass is 16.5. The number of hydrogen-bond donors (Lipinski definition) is 0. The van der Waals surface area contributed by atoms with Crippen molar-refractivity contribution in [3.63, 3.8) is 0 Å². The van der Waals surface area contributed by atoms with Crippen LogP contribution in [0.4, 0.5) is 0 Å². The summed E-state index contributed by atoms with van der Waals surface area (Å²) in [5.74, 6) is -0.630. The predicted octanol–water partition coefficient (Wildman–Crippen LogP) is 6.57. The molecule has 38 heavy (non-hydrogen) atoms. The van der Waals surface area contributed by atoms with Crippen LogP contribution in [0.25, 0.3) is 28.2 Å². The second kappa shape index (κ2) is 10.6. The molecule has 0 saturated carbocycles. The lowest BCUT2D eigenvalue weighted by atomic mass is 10.0. The van der Waals surface area contributed by atoms with Gasteiger partial charge in [0.05, 0.1) is 5.69 Å². The maximum Gasteiger partial charge on any atom is 0.378 e. The second-order valence-corrected chi connectivity index (χ2v) is 9.20. The summed E-state index contributed by atoms with van der Waals surface area (Å²) in [6, 6.07) is 30.9. The second-order valence-electron chi connectivity index (χ2n) is 9.20. The van der Waals surface area contributed by atoms with Crippen molar-refractivity contribution in [2.24, 2.45) is 0 Å². The summed E-state index contributed by atoms with van der Waals surface area (Å²) < 4.78 is 7.01. The lowest BCUT2D eigenvalue weighted by Gasteiger charge is -2.11. The fraction of sp³-hybridized carbons (Fsp3) is 0.125. The number of carbonyl (C=O) groups is 2. The molecule has 0 aliphatic rings. The summed E-state index contributed by atoms with van der Waals surface area (Å²) in [6.07, 6.45) is 0. The Morgan fingerprint density at radius 2 is 1.45 bits per heavy atom. The van der Waals surface area contributed by atoms with Crippen molar-refractivity contribution >= 4 is 11.8 Å². The molecule has 0 N–H and O–H groups in total. The van der Waals surface area contributed by atoms with Gasteiger partial charge in [0, 0.05) is 11.1 Å². The third kappa shape index (κ3) is 5.15. The number of aromatic nitrogens is 3. The SMILES string of the molecule is Cc1cccc(-c2nc(C(=O)OCC(=O)c3ccc(-c4ccccc4)cc3)nn2-c2cccc(C)c2C)c1. The van der Waals surface area contributed by atoms with Gasteiger partial charge in [0.15, 0.2) is 18.2 Å². The molecule has 6 heteroatoms. The van der Waals surface area contributed by atoms with Gasteiger partial charge in [-0.1, -0.05) is 90.5 Å². The number of nitrogens with zero attached hydrogens (tertiary/aromatic N) is 3. The van der Waals surface area contributed by atoms with E-state index < -0.39 is 12.6 Å². The zero-order chi connectivity index (χ0) is 26.6. The van der Waals surface area contributed by atoms with Crippen LogP contribution in [-0.2, 0) is 4.74 Å². The van der Waals surface area contributed by atoms with Gasteiger partial charge in [-0.25, -0.2) is 14.5 Å². The van der Waals surface area contributed by atoms with E-state index in [1.165, 1.54) is 0 Å². The molecule has 0 radical (unpaired) electrons. The van der Waals surface area contributed by atoms with Crippen molar-refractivity contribution in [1.29, 1.82) is 0 Å². The Hall–Kier alpha value is -4.84. The molecular formula is C32H27N3O3. The molecule has 6 nitrogen and oxygen atoms in total. The van der Waals surface area contributed by atoms with E-state index in [2.05, 4.69) is 10.1 Å². The number of rotatable bonds is 7. The molecule has 188 valence electrons. The highest BCUT2D eigenvalue weighted by molar-refractivity contribution is 5.99. The number of benzene rings is 4. The Balaban J connectivity index is 1.37. The van der Waals surface area contributed by atoms with Gasteiger partial charge in [0.25, 0.3) is 5.82 Å². The summed E-state index contributed by atoms with van der Waals surface area (Å²) in [7, 11) is 0. The molecule has 0 aliphatic carbocycles. The first-order chi connectivity index (χ1) is 18.4. The summed E-state index contributed by atoms with van der Waals surface area (Å²) in [4.78, 5) is 30.2. The normalized spacial score (nSPS) is 10.8. The average molecular weight is 502 g/mol. The Morgan fingerprint density at radius 1 is 0.763 bits per heavy atom. The summed E-state index contributed by atoms with van der Waals surface area (Å²) in [5.41, 5.74) is 7.37. The van der Waals surface area contributed by atoms with Crippen LogP contribution in [0.5, 0.6) is 0 Å². The van der Waals surface area contributed by atoms with Gasteiger partial charge in [-0.15, -0.1) is 5.10 Å². The minimum absolute atomic E-state index is 0.102. The van der Waals surface area contributed by atoms with Crippen molar-refractivity contribution in [3.05, 3.63) is 125 Å². The lowest BCUT2D eigenvalue weighted by Crippen LogP contribution is -2.15. The van der Waals surface area contributed by atoms with Gasteiger partial charge in [-0.2, -0.15) is 0 Å². The standard InChI is InChI=1S/C32H27N3O3/c1-21-9-7-13-27(19-21)31-33-30(34-35(31)28-14-8-10-22(2)23(28)3)32(37)38-20-29(36)26-17-15-25(16-18-26)24-11-5-4-6-12-24/h4-19H,20H2,1-3H3. The van der Waals surface area contributed by atoms with Crippen LogP contribution < -0.4 is 0 Å². The van der Waals surface area contributed by atoms with Gasteiger partial charge < -0.3 is 4.74 Å². The number of ketones is 1. The van der Waals surface area contributed by atoms with Crippen molar-refractivity contribution in [3.8, 4) is 28.2 Å². The van der Waals surface area contributed by atoms with Crippen molar-refractivity contribution in [1.82, 2.24) is 14.8 Å². The average Bonchev–Trinajstić information content (AvgIpc) is 3.39. The van der Waals surface area contributed by atoms with Crippen LogP contribution >= 0.6 is 0 Å². The fourth-order valence-electron chi connectivity index (χ4n) is 4.26. The molecule has 0 unspecified atom stereocenters. The first-order valence-electron chi connectivity index (χ1n) is 12.4. The molecule has 1 aromatic heterocycles. The highest BCUT2D eigenvalue weighted by Gasteiger charge is 2.22. The number of aryl methyl sites for hydroxylation is 2. The monoisotopic (exact) mass is 501 g/mol. The summed E-state index contributed by atoms with van der Waals surface area (Å²) >= 11 is 0. The first kappa shape index (κ1) is 24.8. The maximum absolute atomic E-state index is 13.0. The molecule has 0 bridgehead atoms. The number of hydrogen-bond acceptors (Lipinski definition) is 5. The smallest absolute Gasteiger partial charge is 0.378 e. The van der Waals surface area contributed by atoms with E-state index in [-0.39, 0.29) is 11.6 Å². The van der Waals surface area contributed by atoms with Gasteiger partial charge in [-0.3, -0.25) is 4.79 Å².